The molecule has 0 aliphatic carbocycles. The number of likely N-dealkylation sites (tertiary alicyclic amines) is 1. The van der Waals surface area contributed by atoms with Crippen LogP contribution in [0.15, 0.2) is 48.8 Å². The van der Waals surface area contributed by atoms with Crippen LogP contribution in [0.3, 0.4) is 0 Å². The Balaban J connectivity index is 1.32. The van der Waals surface area contributed by atoms with Crippen LogP contribution in [0.25, 0.3) is 17.0 Å². The van der Waals surface area contributed by atoms with Gasteiger partial charge < -0.3 is 10.2 Å². The number of rotatable bonds is 6. The van der Waals surface area contributed by atoms with E-state index in [-0.39, 0.29) is 5.82 Å². The fraction of sp³-hybridized carbons (Fsp3) is 0.333. The van der Waals surface area contributed by atoms with Gasteiger partial charge in [-0.05, 0) is 50.2 Å². The summed E-state index contributed by atoms with van der Waals surface area (Å²) in [6, 6.07) is 10.1. The van der Waals surface area contributed by atoms with Crippen LogP contribution in [-0.2, 0) is 6.54 Å². The van der Waals surface area contributed by atoms with Crippen molar-refractivity contribution in [2.75, 3.05) is 25.0 Å². The zero-order valence-electron chi connectivity index (χ0n) is 16.6. The minimum Gasteiger partial charge on any atom is -0.336 e. The molecule has 1 fully saturated rings. The molecule has 1 N–H and O–H groups in total. The molecule has 0 radical (unpaired) electrons. The maximum absolute atomic E-state index is 14.2. The summed E-state index contributed by atoms with van der Waals surface area (Å²) in [5.74, 6) is 0.612. The van der Waals surface area contributed by atoms with Gasteiger partial charge in [0.2, 0.25) is 0 Å². The summed E-state index contributed by atoms with van der Waals surface area (Å²) >= 11 is 0. The van der Waals surface area contributed by atoms with E-state index in [0.717, 1.165) is 18.8 Å². The normalized spacial score (nSPS) is 15.0. The van der Waals surface area contributed by atoms with E-state index in [1.54, 1.807) is 35.0 Å². The molecule has 0 amide bonds. The first-order valence-electron chi connectivity index (χ1n) is 10.3. The van der Waals surface area contributed by atoms with Gasteiger partial charge in [0.1, 0.15) is 5.82 Å². The summed E-state index contributed by atoms with van der Waals surface area (Å²) in [5.41, 5.74) is 1.76. The van der Waals surface area contributed by atoms with Gasteiger partial charge in [0.05, 0.1) is 24.0 Å². The number of hydrogen-bond acceptors (Lipinski definition) is 6. The zero-order valence-corrected chi connectivity index (χ0v) is 16.6. The van der Waals surface area contributed by atoms with Crippen LogP contribution in [0, 0.1) is 5.82 Å². The van der Waals surface area contributed by atoms with Crippen molar-refractivity contribution in [3.8, 4) is 11.4 Å². The van der Waals surface area contributed by atoms with Gasteiger partial charge in [0.25, 0.3) is 0 Å². The molecule has 154 valence electrons. The van der Waals surface area contributed by atoms with Crippen LogP contribution in [0.1, 0.15) is 19.3 Å². The highest BCUT2D eigenvalue weighted by atomic mass is 19.1. The van der Waals surface area contributed by atoms with Crippen molar-refractivity contribution in [1.29, 1.82) is 0 Å². The van der Waals surface area contributed by atoms with Crippen LogP contribution in [0.2, 0.25) is 0 Å². The molecule has 9 heteroatoms. The van der Waals surface area contributed by atoms with E-state index in [2.05, 4.69) is 30.6 Å². The molecule has 30 heavy (non-hydrogen) atoms. The summed E-state index contributed by atoms with van der Waals surface area (Å²) in [7, 11) is 0. The molecule has 0 spiro atoms. The Morgan fingerprint density at radius 1 is 0.967 bits per heavy atom. The van der Waals surface area contributed by atoms with E-state index in [9.17, 15) is 4.39 Å². The Labute approximate surface area is 173 Å². The number of nitrogens with one attached hydrogen (secondary N) is 1. The number of benzene rings is 1. The third-order valence-electron chi connectivity index (χ3n) is 5.38. The SMILES string of the molecule is Fc1ccccc1-c1nnc2ccc(Nc3cnn(CCN4CCCCC4)c3)nn12. The first-order valence-corrected chi connectivity index (χ1v) is 10.3. The summed E-state index contributed by atoms with van der Waals surface area (Å²) in [6.07, 6.45) is 7.68. The average molecular weight is 406 g/mol. The van der Waals surface area contributed by atoms with Crippen molar-refractivity contribution in [2.24, 2.45) is 0 Å². The maximum Gasteiger partial charge on any atom is 0.188 e. The molecule has 0 unspecified atom stereocenters. The highest BCUT2D eigenvalue weighted by Crippen LogP contribution is 2.22. The minimum atomic E-state index is -0.359. The highest BCUT2D eigenvalue weighted by molar-refractivity contribution is 5.61. The number of aromatic nitrogens is 6. The molecule has 1 aliphatic rings. The van der Waals surface area contributed by atoms with Crippen molar-refractivity contribution in [3.63, 3.8) is 0 Å². The van der Waals surface area contributed by atoms with Crippen LogP contribution >= 0.6 is 0 Å². The summed E-state index contributed by atoms with van der Waals surface area (Å²) in [6.45, 7) is 4.23. The Hall–Kier alpha value is -3.33. The van der Waals surface area contributed by atoms with Crippen molar-refractivity contribution < 1.29 is 4.39 Å². The van der Waals surface area contributed by atoms with Crippen molar-refractivity contribution in [2.45, 2.75) is 25.8 Å². The Bertz CT molecular complexity index is 1140. The second kappa shape index (κ2) is 8.19. The fourth-order valence-corrected chi connectivity index (χ4v) is 3.79. The lowest BCUT2D eigenvalue weighted by Gasteiger charge is -2.26. The van der Waals surface area contributed by atoms with Crippen LogP contribution in [0.4, 0.5) is 15.9 Å². The number of nitrogens with zero attached hydrogens (tertiary/aromatic N) is 7. The van der Waals surface area contributed by atoms with Gasteiger partial charge >= 0.3 is 0 Å². The number of halogens is 1. The molecule has 5 rings (SSSR count). The molecule has 0 saturated carbocycles. The van der Waals surface area contributed by atoms with E-state index < -0.39 is 0 Å². The third-order valence-corrected chi connectivity index (χ3v) is 5.38. The molecule has 0 atom stereocenters. The molecular weight excluding hydrogens is 383 g/mol. The van der Waals surface area contributed by atoms with Gasteiger partial charge in [-0.3, -0.25) is 4.68 Å². The smallest absolute Gasteiger partial charge is 0.188 e. The lowest BCUT2D eigenvalue weighted by atomic mass is 10.1. The predicted octanol–water partition coefficient (Wildman–Crippen LogP) is 3.36. The Morgan fingerprint density at radius 3 is 2.70 bits per heavy atom. The van der Waals surface area contributed by atoms with Crippen LogP contribution < -0.4 is 5.32 Å². The third kappa shape index (κ3) is 3.88. The molecule has 8 nitrogen and oxygen atoms in total. The van der Waals surface area contributed by atoms with E-state index >= 15 is 0 Å². The largest absolute Gasteiger partial charge is 0.336 e. The first kappa shape index (κ1) is 18.7. The lowest BCUT2D eigenvalue weighted by molar-refractivity contribution is 0.218. The van der Waals surface area contributed by atoms with Gasteiger partial charge in [-0.1, -0.05) is 18.6 Å². The van der Waals surface area contributed by atoms with E-state index in [0.29, 0.717) is 22.9 Å². The second-order valence-corrected chi connectivity index (χ2v) is 7.51. The second-order valence-electron chi connectivity index (χ2n) is 7.51. The van der Waals surface area contributed by atoms with Gasteiger partial charge in [-0.25, -0.2) is 4.39 Å². The molecular formula is C21H23FN8. The Kier molecular flexibility index (Phi) is 5.10. The number of fused-ring (bicyclic) bond motifs is 1. The summed E-state index contributed by atoms with van der Waals surface area (Å²) in [5, 5.41) is 20.5. The van der Waals surface area contributed by atoms with E-state index in [4.69, 9.17) is 0 Å². The topological polar surface area (TPSA) is 76.2 Å². The number of piperidine rings is 1. The van der Waals surface area contributed by atoms with Gasteiger partial charge in [0, 0.05) is 12.7 Å². The van der Waals surface area contributed by atoms with E-state index in [1.165, 1.54) is 38.4 Å². The molecule has 1 saturated heterocycles. The molecule has 0 bridgehead atoms. The monoisotopic (exact) mass is 406 g/mol. The van der Waals surface area contributed by atoms with Crippen molar-refractivity contribution in [1.82, 2.24) is 34.5 Å². The van der Waals surface area contributed by atoms with Gasteiger partial charge in [-0.2, -0.15) is 9.61 Å². The highest BCUT2D eigenvalue weighted by Gasteiger charge is 2.14. The van der Waals surface area contributed by atoms with Crippen LogP contribution in [0.5, 0.6) is 0 Å². The quantitative estimate of drug-likeness (QED) is 0.529. The molecule has 4 aromatic rings. The van der Waals surface area contributed by atoms with Crippen molar-refractivity contribution >= 4 is 17.2 Å². The van der Waals surface area contributed by atoms with Gasteiger partial charge in [-0.15, -0.1) is 15.3 Å². The average Bonchev–Trinajstić information content (AvgIpc) is 3.40. The van der Waals surface area contributed by atoms with Crippen molar-refractivity contribution in [3.05, 3.63) is 54.6 Å². The zero-order chi connectivity index (χ0) is 20.3. The standard InChI is InChI=1S/C21H23FN8/c22-18-7-3-2-6-17(18)21-26-25-20-9-8-19(27-30(20)21)24-16-14-23-29(15-16)13-12-28-10-4-1-5-11-28/h2-3,6-9,14-15H,1,4-5,10-13H2,(H,24,27). The van der Waals surface area contributed by atoms with E-state index in [1.807, 2.05) is 16.9 Å². The summed E-state index contributed by atoms with van der Waals surface area (Å²) < 4.78 is 17.7. The summed E-state index contributed by atoms with van der Waals surface area (Å²) in [4.78, 5) is 2.49. The number of anilines is 2. The maximum atomic E-state index is 14.2. The fourth-order valence-electron chi connectivity index (χ4n) is 3.79. The molecule has 4 heterocycles. The Morgan fingerprint density at radius 2 is 1.83 bits per heavy atom. The molecule has 1 aliphatic heterocycles. The molecule has 1 aromatic carbocycles. The number of hydrogen-bond donors (Lipinski definition) is 1. The lowest BCUT2D eigenvalue weighted by Crippen LogP contribution is -2.32. The molecule has 3 aromatic heterocycles. The van der Waals surface area contributed by atoms with Gasteiger partial charge in [0.15, 0.2) is 17.3 Å². The predicted molar refractivity (Wildman–Crippen MR) is 112 cm³/mol. The van der Waals surface area contributed by atoms with Crippen LogP contribution in [-0.4, -0.2) is 54.1 Å². The minimum absolute atomic E-state index is 0.359. The first-order chi connectivity index (χ1) is 14.8.